The second kappa shape index (κ2) is 10.6. The van der Waals surface area contributed by atoms with Crippen LogP contribution >= 0.6 is 0 Å². The van der Waals surface area contributed by atoms with Crippen molar-refractivity contribution in [2.45, 2.75) is 24.2 Å². The van der Waals surface area contributed by atoms with Gasteiger partial charge in [0.05, 0.1) is 27.3 Å². The summed E-state index contributed by atoms with van der Waals surface area (Å²) in [6.45, 7) is 0.511. The number of aromatic nitrogens is 2. The average Bonchev–Trinajstić information content (AvgIpc) is 3.44. The van der Waals surface area contributed by atoms with Crippen LogP contribution < -0.4 is 10.5 Å². The molecule has 3 aromatic carbocycles. The van der Waals surface area contributed by atoms with Gasteiger partial charge < -0.3 is 5.32 Å². The van der Waals surface area contributed by atoms with Crippen LogP contribution in [-0.2, 0) is 10.0 Å². The van der Waals surface area contributed by atoms with E-state index in [-0.39, 0.29) is 10.8 Å². The molecule has 8 nitrogen and oxygen atoms in total. The SMILES string of the molecule is NS(=O)(=O)c1cccc(-c2nc3cc(C(=O)NCCCC4=NC=CC4)ccc3nc2-c2ccc(F)cc2)c1. The Kier molecular flexibility index (Phi) is 7.08. The van der Waals surface area contributed by atoms with Crippen LogP contribution in [0.5, 0.6) is 0 Å². The lowest BCUT2D eigenvalue weighted by Gasteiger charge is -2.12. The van der Waals surface area contributed by atoms with Crippen LogP contribution in [0, 0.1) is 5.82 Å². The summed E-state index contributed by atoms with van der Waals surface area (Å²) in [5.74, 6) is -0.635. The predicted octanol–water partition coefficient (Wildman–Crippen LogP) is 4.62. The number of carbonyl (C=O) groups excluding carboxylic acids is 1. The molecule has 192 valence electrons. The summed E-state index contributed by atoms with van der Waals surface area (Å²) in [5.41, 5.74) is 4.38. The zero-order valence-electron chi connectivity index (χ0n) is 20.3. The summed E-state index contributed by atoms with van der Waals surface area (Å²) in [6, 6.07) is 16.9. The molecule has 0 saturated heterocycles. The van der Waals surface area contributed by atoms with Gasteiger partial charge in [0.1, 0.15) is 5.82 Å². The van der Waals surface area contributed by atoms with Crippen molar-refractivity contribution in [3.8, 4) is 22.5 Å². The number of primary sulfonamides is 1. The molecule has 5 rings (SSSR count). The summed E-state index contributed by atoms with van der Waals surface area (Å²) < 4.78 is 37.5. The molecule has 1 aliphatic rings. The number of allylic oxidation sites excluding steroid dienone is 1. The highest BCUT2D eigenvalue weighted by Crippen LogP contribution is 2.32. The highest BCUT2D eigenvalue weighted by molar-refractivity contribution is 7.89. The molecular formula is C28H24FN5O3S. The molecule has 0 atom stereocenters. The van der Waals surface area contributed by atoms with Crippen molar-refractivity contribution in [2.24, 2.45) is 10.1 Å². The molecule has 38 heavy (non-hydrogen) atoms. The summed E-state index contributed by atoms with van der Waals surface area (Å²) in [6.07, 6.45) is 6.27. The Morgan fingerprint density at radius 1 is 0.947 bits per heavy atom. The Morgan fingerprint density at radius 2 is 1.71 bits per heavy atom. The topological polar surface area (TPSA) is 127 Å². The number of hydrogen-bond donors (Lipinski definition) is 2. The third-order valence-electron chi connectivity index (χ3n) is 6.12. The molecule has 0 saturated carbocycles. The molecule has 3 N–H and O–H groups in total. The molecule has 1 aromatic heterocycles. The van der Waals surface area contributed by atoms with Gasteiger partial charge in [-0.15, -0.1) is 0 Å². The molecule has 0 unspecified atom stereocenters. The van der Waals surface area contributed by atoms with E-state index in [1.165, 1.54) is 24.3 Å². The molecule has 0 aliphatic carbocycles. The highest BCUT2D eigenvalue weighted by atomic mass is 32.2. The number of sulfonamides is 1. The van der Waals surface area contributed by atoms with Crippen LogP contribution in [-0.4, -0.2) is 36.5 Å². The maximum atomic E-state index is 13.6. The van der Waals surface area contributed by atoms with E-state index >= 15 is 0 Å². The Hall–Kier alpha value is -4.28. The van der Waals surface area contributed by atoms with Gasteiger partial charge in [0.15, 0.2) is 0 Å². The van der Waals surface area contributed by atoms with Crippen LogP contribution in [0.25, 0.3) is 33.5 Å². The first kappa shape index (κ1) is 25.4. The van der Waals surface area contributed by atoms with Crippen molar-refractivity contribution < 1.29 is 17.6 Å². The Bertz CT molecular complexity index is 1700. The van der Waals surface area contributed by atoms with E-state index in [0.717, 1.165) is 25.0 Å². The lowest BCUT2D eigenvalue weighted by Crippen LogP contribution is -2.24. The van der Waals surface area contributed by atoms with Crippen molar-refractivity contribution in [1.29, 1.82) is 0 Å². The minimum atomic E-state index is -3.96. The number of amides is 1. The number of nitrogens with two attached hydrogens (primary N) is 1. The van der Waals surface area contributed by atoms with E-state index in [9.17, 15) is 17.6 Å². The van der Waals surface area contributed by atoms with Crippen LogP contribution in [0.1, 0.15) is 29.6 Å². The number of nitrogens with zero attached hydrogens (tertiary/aromatic N) is 3. The van der Waals surface area contributed by atoms with E-state index in [2.05, 4.69) is 10.3 Å². The number of benzene rings is 3. The molecule has 0 bridgehead atoms. The number of rotatable bonds is 8. The van der Waals surface area contributed by atoms with Crippen LogP contribution in [0.2, 0.25) is 0 Å². The average molecular weight is 530 g/mol. The zero-order chi connectivity index (χ0) is 26.7. The van der Waals surface area contributed by atoms with Crippen molar-refractivity contribution in [2.75, 3.05) is 6.54 Å². The fraction of sp³-hybridized carbons (Fsp3) is 0.143. The fourth-order valence-corrected chi connectivity index (χ4v) is 4.75. The molecular weight excluding hydrogens is 505 g/mol. The number of fused-ring (bicyclic) bond motifs is 1. The van der Waals surface area contributed by atoms with E-state index in [0.29, 0.717) is 45.7 Å². The third kappa shape index (κ3) is 5.66. The number of nitrogens with one attached hydrogen (secondary N) is 1. The molecule has 1 amide bonds. The van der Waals surface area contributed by atoms with E-state index < -0.39 is 15.8 Å². The van der Waals surface area contributed by atoms with Crippen molar-refractivity contribution in [1.82, 2.24) is 15.3 Å². The van der Waals surface area contributed by atoms with Gasteiger partial charge >= 0.3 is 0 Å². The van der Waals surface area contributed by atoms with Crippen LogP contribution in [0.3, 0.4) is 0 Å². The second-order valence-corrected chi connectivity index (χ2v) is 10.4. The smallest absolute Gasteiger partial charge is 0.251 e. The summed E-state index contributed by atoms with van der Waals surface area (Å²) in [7, 11) is -3.96. The minimum absolute atomic E-state index is 0.0746. The van der Waals surface area contributed by atoms with Gasteiger partial charge in [0, 0.05) is 41.6 Å². The van der Waals surface area contributed by atoms with Crippen molar-refractivity contribution >= 4 is 32.7 Å². The number of carbonyl (C=O) groups is 1. The normalized spacial score (nSPS) is 13.1. The first-order valence-electron chi connectivity index (χ1n) is 12.0. The monoisotopic (exact) mass is 529 g/mol. The number of hydrogen-bond acceptors (Lipinski definition) is 6. The summed E-state index contributed by atoms with van der Waals surface area (Å²) in [5, 5.41) is 8.26. The van der Waals surface area contributed by atoms with Crippen molar-refractivity contribution in [3.05, 3.63) is 90.4 Å². The van der Waals surface area contributed by atoms with Gasteiger partial charge in [-0.2, -0.15) is 0 Å². The molecule has 2 heterocycles. The summed E-state index contributed by atoms with van der Waals surface area (Å²) in [4.78, 5) is 26.5. The van der Waals surface area contributed by atoms with Gasteiger partial charge in [0.25, 0.3) is 5.91 Å². The van der Waals surface area contributed by atoms with E-state index in [1.54, 1.807) is 48.7 Å². The maximum absolute atomic E-state index is 13.6. The summed E-state index contributed by atoms with van der Waals surface area (Å²) >= 11 is 0. The molecule has 0 spiro atoms. The van der Waals surface area contributed by atoms with E-state index in [1.807, 2.05) is 6.08 Å². The minimum Gasteiger partial charge on any atom is -0.352 e. The largest absolute Gasteiger partial charge is 0.352 e. The van der Waals surface area contributed by atoms with Gasteiger partial charge in [-0.3, -0.25) is 9.79 Å². The molecule has 0 radical (unpaired) electrons. The predicted molar refractivity (Wildman–Crippen MR) is 145 cm³/mol. The van der Waals surface area contributed by atoms with Gasteiger partial charge in [-0.1, -0.05) is 18.2 Å². The lowest BCUT2D eigenvalue weighted by atomic mass is 10.0. The van der Waals surface area contributed by atoms with Crippen LogP contribution in [0.4, 0.5) is 4.39 Å². The maximum Gasteiger partial charge on any atom is 0.251 e. The molecule has 10 heteroatoms. The van der Waals surface area contributed by atoms with Gasteiger partial charge in [0.2, 0.25) is 10.0 Å². The van der Waals surface area contributed by atoms with E-state index in [4.69, 9.17) is 15.1 Å². The first-order chi connectivity index (χ1) is 18.3. The standard InChI is InChI=1S/C28H24FN5O3S/c29-21-11-8-18(9-12-21)26-27(19-4-1-7-23(16-19)38(30,36)37)34-25-17-20(10-13-24(25)33-26)28(35)32-15-3-6-22-5-2-14-31-22/h1-2,4,7-14,16-17H,3,5-6,15H2,(H,32,35)(H2,30,36,37). The molecule has 4 aromatic rings. The Labute approximate surface area is 219 Å². The lowest BCUT2D eigenvalue weighted by molar-refractivity contribution is 0.0953. The third-order valence-corrected chi connectivity index (χ3v) is 7.03. The van der Waals surface area contributed by atoms with Crippen molar-refractivity contribution in [3.63, 3.8) is 0 Å². The number of aliphatic imine (C=N–C) groups is 1. The van der Waals surface area contributed by atoms with Crippen LogP contribution in [0.15, 0.2) is 88.9 Å². The Morgan fingerprint density at radius 3 is 2.45 bits per heavy atom. The molecule has 0 fully saturated rings. The van der Waals surface area contributed by atoms with Gasteiger partial charge in [-0.05, 0) is 67.4 Å². The molecule has 1 aliphatic heterocycles. The number of halogens is 1. The zero-order valence-corrected chi connectivity index (χ0v) is 21.1. The fourth-order valence-electron chi connectivity index (χ4n) is 4.19. The second-order valence-electron chi connectivity index (χ2n) is 8.85. The quantitative estimate of drug-likeness (QED) is 0.322. The highest BCUT2D eigenvalue weighted by Gasteiger charge is 2.17. The Balaban J connectivity index is 1.50. The first-order valence-corrected chi connectivity index (χ1v) is 13.5. The van der Waals surface area contributed by atoms with Gasteiger partial charge in [-0.25, -0.2) is 27.9 Å².